The Labute approximate surface area is 223 Å². The molecule has 0 aliphatic heterocycles. The third-order valence-corrected chi connectivity index (χ3v) is 7.66. The minimum absolute atomic E-state index is 0.0892. The quantitative estimate of drug-likeness (QED) is 0.401. The van der Waals surface area contributed by atoms with Gasteiger partial charge in [0.15, 0.2) is 0 Å². The molecular weight excluding hydrogens is 486 g/mol. The maximum atomic E-state index is 13.8. The molecular formula is C29H43N3O4S. The van der Waals surface area contributed by atoms with Crippen molar-refractivity contribution in [2.75, 3.05) is 23.7 Å². The van der Waals surface area contributed by atoms with E-state index in [2.05, 4.69) is 26.1 Å². The fourth-order valence-corrected chi connectivity index (χ4v) is 4.99. The highest BCUT2D eigenvalue weighted by Gasteiger charge is 2.32. The van der Waals surface area contributed by atoms with Crippen molar-refractivity contribution in [2.24, 2.45) is 0 Å². The van der Waals surface area contributed by atoms with Crippen LogP contribution in [0, 0.1) is 6.92 Å². The lowest BCUT2D eigenvalue weighted by molar-refractivity contribution is -0.140. The van der Waals surface area contributed by atoms with E-state index < -0.39 is 28.5 Å². The minimum atomic E-state index is -3.76. The Morgan fingerprint density at radius 3 is 2.14 bits per heavy atom. The fourth-order valence-electron chi connectivity index (χ4n) is 4.14. The molecule has 1 atom stereocenters. The van der Waals surface area contributed by atoms with Gasteiger partial charge in [-0.25, -0.2) is 8.42 Å². The van der Waals surface area contributed by atoms with E-state index in [4.69, 9.17) is 0 Å². The normalized spacial score (nSPS) is 12.6. The second-order valence-electron chi connectivity index (χ2n) is 10.6. The zero-order valence-corrected chi connectivity index (χ0v) is 24.2. The summed E-state index contributed by atoms with van der Waals surface area (Å²) in [6.45, 7) is 12.5. The highest BCUT2D eigenvalue weighted by Crippen LogP contribution is 2.26. The van der Waals surface area contributed by atoms with Crippen molar-refractivity contribution in [2.45, 2.75) is 78.8 Å². The second kappa shape index (κ2) is 13.1. The Balaban J connectivity index is 2.43. The smallest absolute Gasteiger partial charge is 0.244 e. The number of nitrogens with zero attached hydrogens (tertiary/aromatic N) is 2. The van der Waals surface area contributed by atoms with E-state index >= 15 is 0 Å². The fraction of sp³-hybridized carbons (Fsp3) is 0.517. The van der Waals surface area contributed by atoms with E-state index in [1.807, 2.05) is 57.2 Å². The summed E-state index contributed by atoms with van der Waals surface area (Å²) in [5, 5.41) is 2.94. The zero-order chi connectivity index (χ0) is 27.8. The molecule has 204 valence electrons. The number of carbonyl (C=O) groups excluding carboxylic acids is 2. The molecule has 7 nitrogen and oxygen atoms in total. The highest BCUT2D eigenvalue weighted by atomic mass is 32.2. The van der Waals surface area contributed by atoms with E-state index in [0.29, 0.717) is 18.7 Å². The van der Waals surface area contributed by atoms with Crippen molar-refractivity contribution in [3.8, 4) is 0 Å². The summed E-state index contributed by atoms with van der Waals surface area (Å²) in [6.07, 6.45) is 3.30. The van der Waals surface area contributed by atoms with Crippen LogP contribution < -0.4 is 9.62 Å². The van der Waals surface area contributed by atoms with Gasteiger partial charge in [0.05, 0.1) is 11.9 Å². The van der Waals surface area contributed by atoms with E-state index in [1.54, 1.807) is 12.1 Å². The topological polar surface area (TPSA) is 86.8 Å². The number of benzene rings is 2. The monoisotopic (exact) mass is 529 g/mol. The molecule has 0 unspecified atom stereocenters. The molecule has 0 heterocycles. The number of anilines is 1. The van der Waals surface area contributed by atoms with E-state index in [0.717, 1.165) is 40.1 Å². The first-order chi connectivity index (χ1) is 17.3. The molecule has 0 saturated heterocycles. The van der Waals surface area contributed by atoms with Crippen LogP contribution in [0.4, 0.5) is 5.69 Å². The molecule has 8 heteroatoms. The van der Waals surface area contributed by atoms with Gasteiger partial charge in [-0.15, -0.1) is 0 Å². The van der Waals surface area contributed by atoms with Crippen molar-refractivity contribution in [3.05, 3.63) is 65.2 Å². The van der Waals surface area contributed by atoms with Gasteiger partial charge in [0, 0.05) is 13.1 Å². The van der Waals surface area contributed by atoms with Crippen LogP contribution in [0.25, 0.3) is 0 Å². The predicted molar refractivity (Wildman–Crippen MR) is 151 cm³/mol. The molecule has 0 bridgehead atoms. The molecule has 2 aromatic carbocycles. The maximum Gasteiger partial charge on any atom is 0.244 e. The third-order valence-electron chi connectivity index (χ3n) is 6.52. The average molecular weight is 530 g/mol. The Hall–Kier alpha value is -2.87. The van der Waals surface area contributed by atoms with E-state index in [1.165, 1.54) is 4.90 Å². The summed E-state index contributed by atoms with van der Waals surface area (Å²) in [5.41, 5.74) is 3.30. The first-order valence-corrected chi connectivity index (χ1v) is 14.8. The number of hydrogen-bond acceptors (Lipinski definition) is 4. The lowest BCUT2D eigenvalue weighted by Crippen LogP contribution is -2.52. The van der Waals surface area contributed by atoms with Crippen molar-refractivity contribution in [1.29, 1.82) is 0 Å². The van der Waals surface area contributed by atoms with Gasteiger partial charge in [0.1, 0.15) is 12.6 Å². The number of aryl methyl sites for hydroxylation is 1. The van der Waals surface area contributed by atoms with Crippen molar-refractivity contribution in [3.63, 3.8) is 0 Å². The summed E-state index contributed by atoms with van der Waals surface area (Å²) < 4.78 is 26.7. The van der Waals surface area contributed by atoms with Crippen LogP contribution in [0.5, 0.6) is 0 Å². The Morgan fingerprint density at radius 1 is 1.00 bits per heavy atom. The van der Waals surface area contributed by atoms with Crippen molar-refractivity contribution < 1.29 is 18.0 Å². The number of amides is 2. The lowest BCUT2D eigenvalue weighted by atomic mass is 9.87. The largest absolute Gasteiger partial charge is 0.354 e. The number of hydrogen-bond donors (Lipinski definition) is 1. The van der Waals surface area contributed by atoms with E-state index in [9.17, 15) is 18.0 Å². The molecule has 0 radical (unpaired) electrons. The molecule has 0 fully saturated rings. The summed E-state index contributed by atoms with van der Waals surface area (Å²) in [4.78, 5) is 28.4. The molecule has 0 saturated carbocycles. The lowest BCUT2D eigenvalue weighted by Gasteiger charge is -2.33. The molecule has 2 amide bonds. The van der Waals surface area contributed by atoms with Crippen LogP contribution in [0.3, 0.4) is 0 Å². The van der Waals surface area contributed by atoms with Crippen LogP contribution in [0.15, 0.2) is 48.5 Å². The zero-order valence-electron chi connectivity index (χ0n) is 23.4. The van der Waals surface area contributed by atoms with Crippen LogP contribution in [-0.2, 0) is 31.6 Å². The van der Waals surface area contributed by atoms with Gasteiger partial charge in [-0.2, -0.15) is 0 Å². The maximum absolute atomic E-state index is 13.8. The predicted octanol–water partition coefficient (Wildman–Crippen LogP) is 4.78. The van der Waals surface area contributed by atoms with Crippen LogP contribution in [0.1, 0.15) is 70.6 Å². The van der Waals surface area contributed by atoms with Gasteiger partial charge in [-0.1, -0.05) is 77.4 Å². The highest BCUT2D eigenvalue weighted by molar-refractivity contribution is 7.92. The van der Waals surface area contributed by atoms with Gasteiger partial charge in [0.2, 0.25) is 21.8 Å². The molecule has 37 heavy (non-hydrogen) atoms. The molecule has 0 aliphatic carbocycles. The van der Waals surface area contributed by atoms with Crippen LogP contribution >= 0.6 is 0 Å². The van der Waals surface area contributed by atoms with Gasteiger partial charge in [-0.3, -0.25) is 13.9 Å². The SMILES string of the molecule is CCCCNC(=O)[C@H](CC)N(Cc1ccccc1C)C(=O)CN(c1ccc(C(C)(C)C)cc1)S(C)(=O)=O. The van der Waals surface area contributed by atoms with Gasteiger partial charge in [-0.05, 0) is 54.0 Å². The minimum Gasteiger partial charge on any atom is -0.354 e. The summed E-state index contributed by atoms with van der Waals surface area (Å²) >= 11 is 0. The third kappa shape index (κ3) is 8.59. The molecule has 0 spiro atoms. The van der Waals surface area contributed by atoms with Crippen molar-refractivity contribution in [1.82, 2.24) is 10.2 Å². The number of nitrogens with one attached hydrogen (secondary N) is 1. The molecule has 0 aliphatic rings. The van der Waals surface area contributed by atoms with Gasteiger partial charge >= 0.3 is 0 Å². The van der Waals surface area contributed by atoms with E-state index in [-0.39, 0.29) is 17.9 Å². The van der Waals surface area contributed by atoms with Crippen LogP contribution in [0.2, 0.25) is 0 Å². The standard InChI is InChI=1S/C29H43N3O4S/c1-8-10-19-30-28(34)26(9-2)31(20-23-14-12-11-13-22(23)3)27(33)21-32(37(7,35)36)25-17-15-24(16-18-25)29(4,5)6/h11-18,26H,8-10,19-21H2,1-7H3,(H,30,34)/t26-/m0/s1. The van der Waals surface area contributed by atoms with Gasteiger partial charge < -0.3 is 10.2 Å². The molecule has 1 N–H and O–H groups in total. The Morgan fingerprint density at radius 2 is 1.62 bits per heavy atom. The first kappa shape index (κ1) is 30.4. The van der Waals surface area contributed by atoms with Crippen molar-refractivity contribution >= 4 is 27.5 Å². The molecule has 2 rings (SSSR count). The average Bonchev–Trinajstić information content (AvgIpc) is 2.82. The second-order valence-corrected chi connectivity index (χ2v) is 12.5. The number of rotatable bonds is 12. The summed E-state index contributed by atoms with van der Waals surface area (Å²) in [6, 6.07) is 14.2. The van der Waals surface area contributed by atoms with Crippen LogP contribution in [-0.4, -0.2) is 50.5 Å². The first-order valence-electron chi connectivity index (χ1n) is 13.0. The van der Waals surface area contributed by atoms with Gasteiger partial charge in [0.25, 0.3) is 0 Å². The number of carbonyl (C=O) groups is 2. The molecule has 2 aromatic rings. The summed E-state index contributed by atoms with van der Waals surface area (Å²) in [7, 11) is -3.76. The summed E-state index contributed by atoms with van der Waals surface area (Å²) in [5.74, 6) is -0.649. The number of sulfonamides is 1. The Kier molecular flexibility index (Phi) is 10.7. The number of unbranched alkanes of at least 4 members (excludes halogenated alkanes) is 1. The Bertz CT molecular complexity index is 1150. The molecule has 0 aromatic heterocycles.